The molecule has 1 rings (SSSR count). The molecule has 0 heterocycles. The van der Waals surface area contributed by atoms with Crippen LogP contribution in [0.4, 0.5) is 4.79 Å². The van der Waals surface area contributed by atoms with Gasteiger partial charge in [-0.2, -0.15) is 5.26 Å². The maximum Gasteiger partial charge on any atom is 0.408 e. The molecular weight excluding hydrogens is 440 g/mol. The lowest BCUT2D eigenvalue weighted by molar-refractivity contribution is -0.143. The Morgan fingerprint density at radius 3 is 2.53 bits per heavy atom. The van der Waals surface area contributed by atoms with Crippen LogP contribution in [-0.2, 0) is 23.9 Å². The van der Waals surface area contributed by atoms with Crippen LogP contribution in [0.2, 0.25) is 0 Å². The Kier molecular flexibility index (Phi) is 11.3. The molecule has 10 heteroatoms. The lowest BCUT2D eigenvalue weighted by atomic mass is 10.0. The van der Waals surface area contributed by atoms with Gasteiger partial charge < -0.3 is 25.0 Å². The van der Waals surface area contributed by atoms with Gasteiger partial charge in [0.25, 0.3) is 0 Å². The molecule has 0 aliphatic carbocycles. The Morgan fingerprint density at radius 2 is 1.94 bits per heavy atom. The lowest BCUT2D eigenvalue weighted by Gasteiger charge is -2.30. The number of esters is 1. The number of amides is 3. The Morgan fingerprint density at radius 1 is 1.24 bits per heavy atom. The number of hydrogen-bond acceptors (Lipinski definition) is 7. The van der Waals surface area contributed by atoms with Gasteiger partial charge >= 0.3 is 12.1 Å². The van der Waals surface area contributed by atoms with Gasteiger partial charge in [0.1, 0.15) is 24.7 Å². The van der Waals surface area contributed by atoms with E-state index in [9.17, 15) is 24.4 Å². The number of hydrogen-bond donors (Lipinski definition) is 2. The fourth-order valence-corrected chi connectivity index (χ4v) is 2.91. The predicted octanol–water partition coefficient (Wildman–Crippen LogP) is 2.32. The smallest absolute Gasteiger partial charge is 0.408 e. The van der Waals surface area contributed by atoms with Crippen molar-refractivity contribution in [3.63, 3.8) is 0 Å². The molecule has 0 aliphatic rings. The van der Waals surface area contributed by atoms with Crippen molar-refractivity contribution in [1.29, 1.82) is 5.26 Å². The van der Waals surface area contributed by atoms with E-state index in [0.717, 1.165) is 4.90 Å². The van der Waals surface area contributed by atoms with Gasteiger partial charge in [-0.1, -0.05) is 30.9 Å². The van der Waals surface area contributed by atoms with E-state index in [1.54, 1.807) is 58.0 Å². The average molecular weight is 473 g/mol. The van der Waals surface area contributed by atoms with E-state index in [0.29, 0.717) is 11.1 Å². The highest BCUT2D eigenvalue weighted by molar-refractivity contribution is 5.91. The first-order valence-corrected chi connectivity index (χ1v) is 10.8. The van der Waals surface area contributed by atoms with Gasteiger partial charge in [-0.15, -0.1) is 0 Å². The van der Waals surface area contributed by atoms with Crippen LogP contribution in [-0.4, -0.2) is 60.6 Å². The van der Waals surface area contributed by atoms with Crippen molar-refractivity contribution in [1.82, 2.24) is 15.5 Å². The first-order valence-electron chi connectivity index (χ1n) is 10.8. The first kappa shape index (κ1) is 28.2. The van der Waals surface area contributed by atoms with Crippen molar-refractivity contribution in [3.05, 3.63) is 42.0 Å². The summed E-state index contributed by atoms with van der Waals surface area (Å²) in [6.07, 6.45) is 0.729. The molecule has 0 aromatic heterocycles. The monoisotopic (exact) mass is 472 g/mol. The van der Waals surface area contributed by atoms with Gasteiger partial charge in [0.15, 0.2) is 0 Å². The second-order valence-electron chi connectivity index (χ2n) is 8.16. The summed E-state index contributed by atoms with van der Waals surface area (Å²) in [5, 5.41) is 14.3. The van der Waals surface area contributed by atoms with Crippen molar-refractivity contribution in [2.45, 2.75) is 45.8 Å². The molecule has 0 aliphatic heterocycles. The zero-order valence-corrected chi connectivity index (χ0v) is 20.1. The summed E-state index contributed by atoms with van der Waals surface area (Å²) in [5.74, 6) is -1.73. The van der Waals surface area contributed by atoms with E-state index in [4.69, 9.17) is 9.47 Å². The number of carbonyl (C=O) groups is 4. The highest BCUT2D eigenvalue weighted by Crippen LogP contribution is 2.23. The van der Waals surface area contributed by atoms with Gasteiger partial charge in [-0.05, 0) is 44.9 Å². The quantitative estimate of drug-likeness (QED) is 0.372. The fourth-order valence-electron chi connectivity index (χ4n) is 2.91. The average Bonchev–Trinajstić information content (AvgIpc) is 2.76. The van der Waals surface area contributed by atoms with Crippen LogP contribution in [0.3, 0.4) is 0 Å². The summed E-state index contributed by atoms with van der Waals surface area (Å²) in [6.45, 7) is 9.74. The number of rotatable bonds is 11. The summed E-state index contributed by atoms with van der Waals surface area (Å²) in [6, 6.07) is 7.47. The van der Waals surface area contributed by atoms with Crippen LogP contribution in [0.25, 0.3) is 6.08 Å². The standard InChI is InChI=1S/C24H32N4O6/c1-6-17-9-8-10-18(15-17)21(22(31)26-13-11-20(30)33-7-2)28(14-12-25)19(29)16-27-23(32)34-24(3,4)5/h6,8-10,15,21H,1,7,11,13-14,16H2,2-5H3,(H,26,31)(H,27,32). The summed E-state index contributed by atoms with van der Waals surface area (Å²) >= 11 is 0. The molecule has 0 saturated heterocycles. The SMILES string of the molecule is C=Cc1cccc(C(C(=O)NCCC(=O)OCC)N(CC#N)C(=O)CNC(=O)OC(C)(C)C)c1. The third-order valence-electron chi connectivity index (χ3n) is 4.30. The van der Waals surface area contributed by atoms with Crippen molar-refractivity contribution in [3.8, 4) is 6.07 Å². The molecule has 1 atom stereocenters. The van der Waals surface area contributed by atoms with Gasteiger partial charge in [0, 0.05) is 6.54 Å². The Labute approximate surface area is 199 Å². The topological polar surface area (TPSA) is 138 Å². The predicted molar refractivity (Wildman–Crippen MR) is 125 cm³/mol. The number of carbonyl (C=O) groups excluding carboxylic acids is 4. The molecule has 0 radical (unpaired) electrons. The van der Waals surface area contributed by atoms with Crippen LogP contribution < -0.4 is 10.6 Å². The largest absolute Gasteiger partial charge is 0.466 e. The zero-order chi connectivity index (χ0) is 25.7. The second-order valence-corrected chi connectivity index (χ2v) is 8.16. The summed E-state index contributed by atoms with van der Waals surface area (Å²) in [4.78, 5) is 50.7. The third kappa shape index (κ3) is 9.73. The number of nitrogens with one attached hydrogen (secondary N) is 2. The lowest BCUT2D eigenvalue weighted by Crippen LogP contribution is -2.48. The maximum absolute atomic E-state index is 13.1. The third-order valence-corrected chi connectivity index (χ3v) is 4.30. The highest BCUT2D eigenvalue weighted by atomic mass is 16.6. The van der Waals surface area contributed by atoms with Crippen molar-refractivity contribution in [2.75, 3.05) is 26.2 Å². The molecule has 1 unspecified atom stereocenters. The number of nitriles is 1. The second kappa shape index (κ2) is 13.6. The first-order chi connectivity index (χ1) is 16.0. The molecule has 1 aromatic rings. The van der Waals surface area contributed by atoms with Crippen LogP contribution in [0.1, 0.15) is 51.3 Å². The maximum atomic E-state index is 13.1. The van der Waals surface area contributed by atoms with Crippen LogP contribution in [0.15, 0.2) is 30.8 Å². The molecule has 10 nitrogen and oxygen atoms in total. The highest BCUT2D eigenvalue weighted by Gasteiger charge is 2.32. The van der Waals surface area contributed by atoms with Gasteiger partial charge in [-0.3, -0.25) is 14.4 Å². The van der Waals surface area contributed by atoms with Crippen LogP contribution in [0, 0.1) is 11.3 Å². The number of nitrogens with zero attached hydrogens (tertiary/aromatic N) is 2. The Bertz CT molecular complexity index is 932. The Balaban J connectivity index is 3.13. The van der Waals surface area contributed by atoms with Crippen LogP contribution >= 0.6 is 0 Å². The molecule has 2 N–H and O–H groups in total. The van der Waals surface area contributed by atoms with Gasteiger partial charge in [0.05, 0.1) is 19.1 Å². The molecular formula is C24H32N4O6. The van der Waals surface area contributed by atoms with E-state index in [2.05, 4.69) is 17.2 Å². The summed E-state index contributed by atoms with van der Waals surface area (Å²) < 4.78 is 9.98. The normalized spacial score (nSPS) is 11.4. The van der Waals surface area contributed by atoms with E-state index in [1.807, 2.05) is 6.07 Å². The minimum Gasteiger partial charge on any atom is -0.466 e. The van der Waals surface area contributed by atoms with E-state index in [1.165, 1.54) is 0 Å². The van der Waals surface area contributed by atoms with Crippen molar-refractivity contribution >= 4 is 30.0 Å². The van der Waals surface area contributed by atoms with Gasteiger partial charge in [-0.25, -0.2) is 4.79 Å². The molecule has 184 valence electrons. The van der Waals surface area contributed by atoms with E-state index < -0.39 is 48.6 Å². The molecule has 1 aromatic carbocycles. The van der Waals surface area contributed by atoms with Crippen molar-refractivity contribution < 1.29 is 28.7 Å². The minimum atomic E-state index is -1.19. The van der Waals surface area contributed by atoms with Crippen molar-refractivity contribution in [2.24, 2.45) is 0 Å². The number of benzene rings is 1. The summed E-state index contributed by atoms with van der Waals surface area (Å²) in [5.41, 5.74) is 0.385. The van der Waals surface area contributed by atoms with Gasteiger partial charge in [0.2, 0.25) is 11.8 Å². The number of alkyl carbamates (subject to hydrolysis) is 1. The molecule has 0 bridgehead atoms. The summed E-state index contributed by atoms with van der Waals surface area (Å²) in [7, 11) is 0. The number of ether oxygens (including phenoxy) is 2. The van der Waals surface area contributed by atoms with E-state index >= 15 is 0 Å². The Hall–Kier alpha value is -3.87. The fraction of sp³-hybridized carbons (Fsp3) is 0.458. The van der Waals surface area contributed by atoms with E-state index in [-0.39, 0.29) is 19.6 Å². The van der Waals surface area contributed by atoms with Crippen LogP contribution in [0.5, 0.6) is 0 Å². The molecule has 34 heavy (non-hydrogen) atoms. The zero-order valence-electron chi connectivity index (χ0n) is 20.1. The molecule has 0 fully saturated rings. The molecule has 0 saturated carbocycles. The molecule has 3 amide bonds. The molecule has 0 spiro atoms. The minimum absolute atomic E-state index is 0.0138.